The predicted molar refractivity (Wildman–Crippen MR) is 84.6 cm³/mol. The SMILES string of the molecule is O=C(O)Cn1cnc(N2CCC(c3cccs3)CC2)cc1=O. The molecule has 2 aromatic rings. The monoisotopic (exact) mass is 319 g/mol. The van der Waals surface area contributed by atoms with E-state index in [0.717, 1.165) is 30.5 Å². The lowest BCUT2D eigenvalue weighted by Gasteiger charge is -2.32. The van der Waals surface area contributed by atoms with Crippen molar-refractivity contribution in [3.63, 3.8) is 0 Å². The first-order chi connectivity index (χ1) is 10.6. The number of hydrogen-bond donors (Lipinski definition) is 1. The Hall–Kier alpha value is -2.15. The summed E-state index contributed by atoms with van der Waals surface area (Å²) >= 11 is 1.79. The van der Waals surface area contributed by atoms with Crippen molar-refractivity contribution >= 4 is 23.1 Å². The largest absolute Gasteiger partial charge is 0.480 e. The summed E-state index contributed by atoms with van der Waals surface area (Å²) in [5.41, 5.74) is -0.326. The molecule has 0 radical (unpaired) electrons. The van der Waals surface area contributed by atoms with Crippen LogP contribution in [0.15, 0.2) is 34.7 Å². The number of aromatic nitrogens is 2. The lowest BCUT2D eigenvalue weighted by Crippen LogP contribution is -2.35. The number of carbonyl (C=O) groups is 1. The van der Waals surface area contributed by atoms with Crippen molar-refractivity contribution in [2.75, 3.05) is 18.0 Å². The van der Waals surface area contributed by atoms with Gasteiger partial charge in [-0.1, -0.05) is 6.07 Å². The highest BCUT2D eigenvalue weighted by Gasteiger charge is 2.22. The molecule has 1 aliphatic heterocycles. The van der Waals surface area contributed by atoms with Gasteiger partial charge in [0, 0.05) is 24.0 Å². The quantitative estimate of drug-likeness (QED) is 0.929. The van der Waals surface area contributed by atoms with Gasteiger partial charge in [-0.2, -0.15) is 0 Å². The molecule has 0 saturated carbocycles. The average molecular weight is 319 g/mol. The van der Waals surface area contributed by atoms with E-state index < -0.39 is 5.97 Å². The maximum absolute atomic E-state index is 11.9. The van der Waals surface area contributed by atoms with Gasteiger partial charge in [0.2, 0.25) is 0 Å². The third-order valence-electron chi connectivity index (χ3n) is 3.94. The van der Waals surface area contributed by atoms with Gasteiger partial charge < -0.3 is 10.0 Å². The molecule has 1 N–H and O–H groups in total. The van der Waals surface area contributed by atoms with Gasteiger partial charge >= 0.3 is 5.97 Å². The summed E-state index contributed by atoms with van der Waals surface area (Å²) < 4.78 is 1.10. The van der Waals surface area contributed by atoms with Crippen LogP contribution in [0.2, 0.25) is 0 Å². The Morgan fingerprint density at radius 1 is 1.41 bits per heavy atom. The maximum atomic E-state index is 11.9. The molecule has 1 aliphatic rings. The molecule has 3 rings (SSSR count). The maximum Gasteiger partial charge on any atom is 0.323 e. The minimum Gasteiger partial charge on any atom is -0.480 e. The Morgan fingerprint density at radius 3 is 2.77 bits per heavy atom. The highest BCUT2D eigenvalue weighted by Crippen LogP contribution is 2.31. The summed E-state index contributed by atoms with van der Waals surface area (Å²) in [4.78, 5) is 30.3. The van der Waals surface area contributed by atoms with E-state index >= 15 is 0 Å². The van der Waals surface area contributed by atoms with E-state index in [-0.39, 0.29) is 12.1 Å². The van der Waals surface area contributed by atoms with Gasteiger partial charge in [0.05, 0.1) is 0 Å². The predicted octanol–water partition coefficient (Wildman–Crippen LogP) is 1.77. The van der Waals surface area contributed by atoms with Crippen LogP contribution >= 0.6 is 11.3 Å². The molecular formula is C15H17N3O3S. The van der Waals surface area contributed by atoms with Crippen molar-refractivity contribution in [1.82, 2.24) is 9.55 Å². The first-order valence-electron chi connectivity index (χ1n) is 7.20. The number of piperidine rings is 1. The first-order valence-corrected chi connectivity index (χ1v) is 8.08. The highest BCUT2D eigenvalue weighted by atomic mass is 32.1. The van der Waals surface area contributed by atoms with Gasteiger partial charge in [0.15, 0.2) is 0 Å². The number of anilines is 1. The van der Waals surface area contributed by atoms with Crippen LogP contribution in [0.1, 0.15) is 23.6 Å². The zero-order chi connectivity index (χ0) is 15.5. The smallest absolute Gasteiger partial charge is 0.323 e. The van der Waals surface area contributed by atoms with Crippen LogP contribution in [0.5, 0.6) is 0 Å². The number of aliphatic carboxylic acids is 1. The summed E-state index contributed by atoms with van der Waals surface area (Å²) in [7, 11) is 0. The molecule has 116 valence electrons. The Morgan fingerprint density at radius 2 is 2.18 bits per heavy atom. The number of thiophene rings is 1. The average Bonchev–Trinajstić information content (AvgIpc) is 3.03. The van der Waals surface area contributed by atoms with E-state index in [0.29, 0.717) is 11.7 Å². The van der Waals surface area contributed by atoms with Crippen LogP contribution < -0.4 is 10.5 Å². The third-order valence-corrected chi connectivity index (χ3v) is 4.97. The molecule has 7 heteroatoms. The number of nitrogens with zero attached hydrogens (tertiary/aromatic N) is 3. The summed E-state index contributed by atoms with van der Waals surface area (Å²) in [6.07, 6.45) is 3.40. The normalized spacial score (nSPS) is 15.9. The number of carboxylic acids is 1. The molecule has 0 spiro atoms. The van der Waals surface area contributed by atoms with E-state index in [4.69, 9.17) is 5.11 Å². The Bertz CT molecular complexity index is 703. The van der Waals surface area contributed by atoms with E-state index in [1.165, 1.54) is 17.3 Å². The Labute approximate surface area is 131 Å². The van der Waals surface area contributed by atoms with Crippen molar-refractivity contribution in [1.29, 1.82) is 0 Å². The minimum absolute atomic E-state index is 0.326. The Kier molecular flexibility index (Phi) is 4.24. The van der Waals surface area contributed by atoms with E-state index in [1.54, 1.807) is 11.3 Å². The van der Waals surface area contributed by atoms with Crippen LogP contribution in [0.4, 0.5) is 5.82 Å². The second kappa shape index (κ2) is 6.31. The fraction of sp³-hybridized carbons (Fsp3) is 0.400. The van der Waals surface area contributed by atoms with Crippen LogP contribution in [-0.4, -0.2) is 33.7 Å². The number of hydrogen-bond acceptors (Lipinski definition) is 5. The van der Waals surface area contributed by atoms with Gasteiger partial charge in [-0.3, -0.25) is 14.2 Å². The zero-order valence-corrected chi connectivity index (χ0v) is 12.8. The molecule has 0 bridgehead atoms. The van der Waals surface area contributed by atoms with Crippen molar-refractivity contribution < 1.29 is 9.90 Å². The second-order valence-electron chi connectivity index (χ2n) is 5.38. The van der Waals surface area contributed by atoms with Crippen LogP contribution in [0.3, 0.4) is 0 Å². The third kappa shape index (κ3) is 3.19. The number of carboxylic acid groups (broad SMARTS) is 1. The first kappa shape index (κ1) is 14.8. The van der Waals surface area contributed by atoms with Gasteiger partial charge in [-0.05, 0) is 30.2 Å². The fourth-order valence-electron chi connectivity index (χ4n) is 2.77. The molecule has 22 heavy (non-hydrogen) atoms. The van der Waals surface area contributed by atoms with Gasteiger partial charge in [-0.25, -0.2) is 4.98 Å². The molecule has 6 nitrogen and oxygen atoms in total. The van der Waals surface area contributed by atoms with Crippen molar-refractivity contribution in [2.45, 2.75) is 25.3 Å². The van der Waals surface area contributed by atoms with Gasteiger partial charge in [-0.15, -0.1) is 11.3 Å². The lowest BCUT2D eigenvalue weighted by atomic mass is 9.95. The standard InChI is InChI=1S/C15H17N3O3S/c19-14-8-13(16-10-18(14)9-15(20)21)17-5-3-11(4-6-17)12-2-1-7-22-12/h1-2,7-8,10-11H,3-6,9H2,(H,20,21). The molecule has 1 saturated heterocycles. The van der Waals surface area contributed by atoms with Gasteiger partial charge in [0.25, 0.3) is 5.56 Å². The summed E-state index contributed by atoms with van der Waals surface area (Å²) in [6.45, 7) is 1.36. The van der Waals surface area contributed by atoms with E-state index in [2.05, 4.69) is 27.4 Å². The molecule has 0 unspecified atom stereocenters. The minimum atomic E-state index is -1.05. The molecule has 2 aromatic heterocycles. The topological polar surface area (TPSA) is 75.4 Å². The van der Waals surface area contributed by atoms with E-state index in [9.17, 15) is 9.59 Å². The van der Waals surface area contributed by atoms with Crippen LogP contribution in [0, 0.1) is 0 Å². The molecule has 0 atom stereocenters. The van der Waals surface area contributed by atoms with Crippen LogP contribution in [0.25, 0.3) is 0 Å². The van der Waals surface area contributed by atoms with Crippen molar-refractivity contribution in [3.05, 3.63) is 45.1 Å². The Balaban J connectivity index is 1.67. The molecular weight excluding hydrogens is 302 g/mol. The fourth-order valence-corrected chi connectivity index (χ4v) is 3.67. The molecule has 3 heterocycles. The molecule has 0 aliphatic carbocycles. The lowest BCUT2D eigenvalue weighted by molar-refractivity contribution is -0.137. The van der Waals surface area contributed by atoms with Gasteiger partial charge in [0.1, 0.15) is 18.7 Å². The molecule has 0 aromatic carbocycles. The second-order valence-corrected chi connectivity index (χ2v) is 6.36. The molecule has 0 amide bonds. The van der Waals surface area contributed by atoms with E-state index in [1.807, 2.05) is 0 Å². The highest BCUT2D eigenvalue weighted by molar-refractivity contribution is 7.10. The summed E-state index contributed by atoms with van der Waals surface area (Å²) in [6, 6.07) is 5.68. The number of rotatable bonds is 4. The summed E-state index contributed by atoms with van der Waals surface area (Å²) in [5, 5.41) is 10.8. The van der Waals surface area contributed by atoms with Crippen molar-refractivity contribution in [2.24, 2.45) is 0 Å². The van der Waals surface area contributed by atoms with Crippen LogP contribution in [-0.2, 0) is 11.3 Å². The van der Waals surface area contributed by atoms with Crippen molar-refractivity contribution in [3.8, 4) is 0 Å². The zero-order valence-electron chi connectivity index (χ0n) is 12.0. The summed E-state index contributed by atoms with van der Waals surface area (Å²) in [5.74, 6) is 0.174. The molecule has 1 fully saturated rings.